The fourth-order valence-corrected chi connectivity index (χ4v) is 4.20. The van der Waals surface area contributed by atoms with Crippen molar-refractivity contribution in [3.8, 4) is 11.6 Å². The van der Waals surface area contributed by atoms with Gasteiger partial charge in [-0.25, -0.2) is 0 Å². The monoisotopic (exact) mass is 441 g/mol. The molecule has 1 amide bonds. The molecule has 2 aliphatic rings. The van der Waals surface area contributed by atoms with Gasteiger partial charge in [-0.05, 0) is 32.4 Å². The van der Waals surface area contributed by atoms with Crippen molar-refractivity contribution in [1.29, 1.82) is 0 Å². The Morgan fingerprint density at radius 1 is 1.22 bits per heavy atom. The lowest BCUT2D eigenvalue weighted by Gasteiger charge is -2.44. The first kappa shape index (κ1) is 20.6. The number of hydrogen-bond donors (Lipinski definition) is 2. The quantitative estimate of drug-likeness (QED) is 0.549. The first-order valence-electron chi connectivity index (χ1n) is 10.7. The SMILES string of the molecule is CC(C)(O)CN1CCN(C(=O)[C@@H]2CCN2c2nc(N)n3nc(-c4ccco4)nc3n2)CC1. The van der Waals surface area contributed by atoms with E-state index in [1.807, 2.05) is 9.80 Å². The van der Waals surface area contributed by atoms with E-state index in [9.17, 15) is 9.90 Å². The fourth-order valence-electron chi connectivity index (χ4n) is 4.20. The number of furan rings is 1. The van der Waals surface area contributed by atoms with Gasteiger partial charge in [-0.1, -0.05) is 0 Å². The molecule has 12 heteroatoms. The van der Waals surface area contributed by atoms with Crippen LogP contribution in [0.4, 0.5) is 11.9 Å². The molecule has 2 saturated heterocycles. The van der Waals surface area contributed by atoms with Gasteiger partial charge >= 0.3 is 0 Å². The zero-order valence-corrected chi connectivity index (χ0v) is 18.2. The number of β-amino-alcohol motifs (C(OH)–C–C–N with tert-alkyl or cyclic N) is 1. The number of anilines is 2. The second kappa shape index (κ2) is 7.71. The molecule has 2 fully saturated rings. The van der Waals surface area contributed by atoms with Crippen molar-refractivity contribution < 1.29 is 14.3 Å². The first-order chi connectivity index (χ1) is 15.3. The van der Waals surface area contributed by atoms with Crippen LogP contribution in [0.25, 0.3) is 17.4 Å². The zero-order chi connectivity index (χ0) is 22.5. The van der Waals surface area contributed by atoms with Crippen LogP contribution in [0.5, 0.6) is 0 Å². The van der Waals surface area contributed by atoms with E-state index in [0.29, 0.717) is 49.5 Å². The molecule has 0 saturated carbocycles. The average Bonchev–Trinajstić information content (AvgIpc) is 3.36. The van der Waals surface area contributed by atoms with E-state index in [0.717, 1.165) is 19.5 Å². The Kier molecular flexibility index (Phi) is 4.97. The first-order valence-corrected chi connectivity index (χ1v) is 10.7. The van der Waals surface area contributed by atoms with Gasteiger partial charge in [0.15, 0.2) is 5.76 Å². The standard InChI is InChI=1S/C20H27N9O3/c1-20(2,31)12-26-7-9-27(10-8-26)16(30)13-5-6-28(13)18-23-17(21)29-19(24-18)22-15(25-29)14-4-3-11-32-14/h3-4,11,13,31H,5-10,12H2,1-2H3,(H2,21,22,23,24,25)/t13-/m0/s1. The molecule has 3 N–H and O–H groups in total. The van der Waals surface area contributed by atoms with Crippen molar-refractivity contribution in [1.82, 2.24) is 34.4 Å². The number of nitrogens with zero attached hydrogens (tertiary/aromatic N) is 8. The van der Waals surface area contributed by atoms with E-state index in [1.165, 1.54) is 4.52 Å². The van der Waals surface area contributed by atoms with Gasteiger partial charge in [0, 0.05) is 39.3 Å². The minimum absolute atomic E-state index is 0.0685. The molecule has 0 bridgehead atoms. The molecular weight excluding hydrogens is 414 g/mol. The maximum absolute atomic E-state index is 13.1. The van der Waals surface area contributed by atoms with Gasteiger partial charge < -0.3 is 25.1 Å². The number of rotatable bonds is 5. The summed E-state index contributed by atoms with van der Waals surface area (Å²) in [5.41, 5.74) is 5.36. The number of aliphatic hydroxyl groups is 1. The lowest BCUT2D eigenvalue weighted by atomic mass is 10.0. The van der Waals surface area contributed by atoms with Gasteiger partial charge in [-0.15, -0.1) is 5.10 Å². The van der Waals surface area contributed by atoms with Crippen molar-refractivity contribution >= 4 is 23.6 Å². The number of carbonyl (C=O) groups excluding carboxylic acids is 1. The van der Waals surface area contributed by atoms with Gasteiger partial charge in [-0.2, -0.15) is 19.5 Å². The summed E-state index contributed by atoms with van der Waals surface area (Å²) >= 11 is 0. The number of amides is 1. The highest BCUT2D eigenvalue weighted by Crippen LogP contribution is 2.27. The Morgan fingerprint density at radius 3 is 2.62 bits per heavy atom. The molecule has 2 aliphatic heterocycles. The van der Waals surface area contributed by atoms with E-state index in [1.54, 1.807) is 32.2 Å². The summed E-state index contributed by atoms with van der Waals surface area (Å²) in [7, 11) is 0. The van der Waals surface area contributed by atoms with Crippen molar-refractivity contribution in [3.05, 3.63) is 18.4 Å². The third-order valence-electron chi connectivity index (χ3n) is 5.82. The number of carbonyl (C=O) groups is 1. The Labute approximate surface area is 184 Å². The second-order valence-electron chi connectivity index (χ2n) is 8.92. The van der Waals surface area contributed by atoms with Crippen LogP contribution >= 0.6 is 0 Å². The number of aromatic nitrogens is 5. The van der Waals surface area contributed by atoms with Crippen molar-refractivity contribution in [2.45, 2.75) is 31.9 Å². The van der Waals surface area contributed by atoms with Gasteiger partial charge in [0.05, 0.1) is 11.9 Å². The molecule has 5 heterocycles. The van der Waals surface area contributed by atoms with Gasteiger partial charge in [0.1, 0.15) is 6.04 Å². The van der Waals surface area contributed by atoms with Crippen LogP contribution in [-0.2, 0) is 4.79 Å². The summed E-state index contributed by atoms with van der Waals surface area (Å²) in [5, 5.41) is 14.3. The highest BCUT2D eigenvalue weighted by atomic mass is 16.3. The van der Waals surface area contributed by atoms with Crippen LogP contribution < -0.4 is 10.6 Å². The predicted octanol–water partition coefficient (Wildman–Crippen LogP) is -0.145. The molecule has 1 atom stereocenters. The van der Waals surface area contributed by atoms with Crippen LogP contribution in [0, 0.1) is 0 Å². The van der Waals surface area contributed by atoms with Gasteiger partial charge in [0.2, 0.25) is 23.6 Å². The molecule has 0 spiro atoms. The van der Waals surface area contributed by atoms with E-state index >= 15 is 0 Å². The van der Waals surface area contributed by atoms with Crippen molar-refractivity contribution in [3.63, 3.8) is 0 Å². The molecule has 12 nitrogen and oxygen atoms in total. The van der Waals surface area contributed by atoms with Crippen LogP contribution in [0.3, 0.4) is 0 Å². The zero-order valence-electron chi connectivity index (χ0n) is 18.2. The molecular formula is C20H27N9O3. The molecule has 3 aromatic rings. The fraction of sp³-hybridized carbons (Fsp3) is 0.550. The van der Waals surface area contributed by atoms with Crippen molar-refractivity contribution in [2.24, 2.45) is 0 Å². The molecule has 5 rings (SSSR count). The van der Waals surface area contributed by atoms with Crippen LogP contribution in [0.2, 0.25) is 0 Å². The number of fused-ring (bicyclic) bond motifs is 1. The normalized spacial score (nSPS) is 20.0. The minimum Gasteiger partial charge on any atom is -0.461 e. The van der Waals surface area contributed by atoms with Crippen LogP contribution in [0.15, 0.2) is 22.8 Å². The van der Waals surface area contributed by atoms with Gasteiger partial charge in [-0.3, -0.25) is 9.69 Å². The molecule has 0 aliphatic carbocycles. The predicted molar refractivity (Wildman–Crippen MR) is 116 cm³/mol. The third kappa shape index (κ3) is 3.86. The number of nitrogens with two attached hydrogens (primary N) is 1. The Balaban J connectivity index is 1.29. The topological polar surface area (TPSA) is 142 Å². The maximum atomic E-state index is 13.1. The summed E-state index contributed by atoms with van der Waals surface area (Å²) in [4.78, 5) is 32.3. The molecule has 170 valence electrons. The van der Waals surface area contributed by atoms with Crippen LogP contribution in [-0.4, -0.2) is 96.3 Å². The van der Waals surface area contributed by atoms with Crippen LogP contribution in [0.1, 0.15) is 20.3 Å². The maximum Gasteiger partial charge on any atom is 0.259 e. The van der Waals surface area contributed by atoms with E-state index < -0.39 is 5.60 Å². The summed E-state index contributed by atoms with van der Waals surface area (Å²) in [6, 6.07) is 3.19. The lowest BCUT2D eigenvalue weighted by molar-refractivity contribution is -0.136. The smallest absolute Gasteiger partial charge is 0.259 e. The molecule has 0 radical (unpaired) electrons. The highest BCUT2D eigenvalue weighted by Gasteiger charge is 2.40. The van der Waals surface area contributed by atoms with E-state index in [4.69, 9.17) is 10.2 Å². The molecule has 32 heavy (non-hydrogen) atoms. The summed E-state index contributed by atoms with van der Waals surface area (Å²) in [6.45, 7) is 7.62. The molecule has 0 unspecified atom stereocenters. The third-order valence-corrected chi connectivity index (χ3v) is 5.82. The van der Waals surface area contributed by atoms with Gasteiger partial charge in [0.25, 0.3) is 5.78 Å². The summed E-state index contributed by atoms with van der Waals surface area (Å²) < 4.78 is 6.70. The number of nitrogen functional groups attached to an aromatic ring is 1. The van der Waals surface area contributed by atoms with E-state index in [2.05, 4.69) is 25.0 Å². The summed E-state index contributed by atoms with van der Waals surface area (Å²) in [5.74, 6) is 1.77. The second-order valence-corrected chi connectivity index (χ2v) is 8.92. The van der Waals surface area contributed by atoms with E-state index in [-0.39, 0.29) is 17.9 Å². The Bertz CT molecular complexity index is 1110. The van der Waals surface area contributed by atoms with Crippen molar-refractivity contribution in [2.75, 3.05) is 49.9 Å². The number of piperazine rings is 1. The lowest BCUT2D eigenvalue weighted by Crippen LogP contribution is -2.61. The Hall–Kier alpha value is -3.25. The molecule has 0 aromatic carbocycles. The molecule has 3 aromatic heterocycles. The average molecular weight is 441 g/mol. The highest BCUT2D eigenvalue weighted by molar-refractivity contribution is 5.86. The summed E-state index contributed by atoms with van der Waals surface area (Å²) in [6.07, 6.45) is 2.28. The minimum atomic E-state index is -0.745. The Morgan fingerprint density at radius 2 is 2.00 bits per heavy atom. The number of hydrogen-bond acceptors (Lipinski definition) is 10. The largest absolute Gasteiger partial charge is 0.461 e.